The highest BCUT2D eigenvalue weighted by Crippen LogP contribution is 2.40. The summed E-state index contributed by atoms with van der Waals surface area (Å²) in [6.07, 6.45) is 0. The number of ketones is 1. The minimum Gasteiger partial charge on any atom is -0.507 e. The van der Waals surface area contributed by atoms with Crippen LogP contribution >= 0.6 is 0 Å². The van der Waals surface area contributed by atoms with Gasteiger partial charge in [-0.1, -0.05) is 42.0 Å². The van der Waals surface area contributed by atoms with Gasteiger partial charge >= 0.3 is 5.97 Å². The van der Waals surface area contributed by atoms with Crippen LogP contribution in [0.25, 0.3) is 5.76 Å². The van der Waals surface area contributed by atoms with E-state index in [1.54, 1.807) is 44.2 Å². The minimum absolute atomic E-state index is 0.0558. The predicted molar refractivity (Wildman–Crippen MR) is 133 cm³/mol. The Morgan fingerprint density at radius 2 is 1.69 bits per heavy atom. The number of Topliss-reactive ketones (excluding diaryl/α,β-unsaturated/α-hetero) is 1. The Bertz CT molecular complexity index is 1380. The summed E-state index contributed by atoms with van der Waals surface area (Å²) < 4.78 is 18.8. The van der Waals surface area contributed by atoms with Crippen molar-refractivity contribution in [1.82, 2.24) is 4.90 Å². The Kier molecular flexibility index (Phi) is 7.01. The van der Waals surface area contributed by atoms with Gasteiger partial charge in [0.05, 0.1) is 23.8 Å². The molecule has 7 heteroatoms. The number of aryl methyl sites for hydroxylation is 2. The number of nitrogens with zero attached hydrogens (tertiary/aromatic N) is 1. The molecule has 36 heavy (non-hydrogen) atoms. The topological polar surface area (TPSA) is 83.9 Å². The van der Waals surface area contributed by atoms with Gasteiger partial charge in [-0.25, -0.2) is 9.18 Å². The van der Waals surface area contributed by atoms with Crippen LogP contribution in [0.4, 0.5) is 4.39 Å². The molecule has 1 amide bonds. The molecular weight excluding hydrogens is 461 g/mol. The second-order valence-corrected chi connectivity index (χ2v) is 8.72. The Morgan fingerprint density at radius 1 is 1.00 bits per heavy atom. The number of aliphatic hydroxyl groups is 1. The van der Waals surface area contributed by atoms with Crippen LogP contribution in [0.1, 0.15) is 51.1 Å². The number of hydrogen-bond acceptors (Lipinski definition) is 5. The van der Waals surface area contributed by atoms with E-state index in [9.17, 15) is 23.9 Å². The van der Waals surface area contributed by atoms with Crippen molar-refractivity contribution in [2.24, 2.45) is 0 Å². The molecule has 3 aromatic carbocycles. The molecule has 0 aliphatic carbocycles. The molecule has 1 saturated heterocycles. The lowest BCUT2D eigenvalue weighted by Gasteiger charge is -2.26. The molecule has 1 heterocycles. The Morgan fingerprint density at radius 3 is 2.33 bits per heavy atom. The molecule has 184 valence electrons. The van der Waals surface area contributed by atoms with E-state index in [1.165, 1.54) is 23.1 Å². The van der Waals surface area contributed by atoms with Crippen molar-refractivity contribution in [1.29, 1.82) is 0 Å². The van der Waals surface area contributed by atoms with Gasteiger partial charge in [0, 0.05) is 12.1 Å². The van der Waals surface area contributed by atoms with Crippen LogP contribution in [-0.2, 0) is 20.9 Å². The number of hydrogen-bond donors (Lipinski definition) is 1. The number of likely N-dealkylation sites (tertiary alicyclic amines) is 1. The number of carbonyl (C=O) groups is 3. The van der Waals surface area contributed by atoms with Crippen molar-refractivity contribution in [2.45, 2.75) is 33.4 Å². The maximum atomic E-state index is 13.8. The maximum absolute atomic E-state index is 13.8. The SMILES string of the molecule is CCOC(=O)c1ccc(CN2C(=O)C(=O)/C(=C(\O)c3ccc(F)c(C)c3)C2c2cccc(C)c2)cc1. The van der Waals surface area contributed by atoms with Crippen LogP contribution < -0.4 is 0 Å². The molecule has 0 spiro atoms. The van der Waals surface area contributed by atoms with Crippen molar-refractivity contribution < 1.29 is 28.6 Å². The highest BCUT2D eigenvalue weighted by Gasteiger charge is 2.46. The van der Waals surface area contributed by atoms with Crippen LogP contribution in [0.15, 0.2) is 72.3 Å². The predicted octanol–water partition coefficient (Wildman–Crippen LogP) is 5.24. The zero-order valence-corrected chi connectivity index (χ0v) is 20.2. The van der Waals surface area contributed by atoms with Crippen LogP contribution in [0.2, 0.25) is 0 Å². The summed E-state index contributed by atoms with van der Waals surface area (Å²) >= 11 is 0. The summed E-state index contributed by atoms with van der Waals surface area (Å²) in [4.78, 5) is 39.8. The van der Waals surface area contributed by atoms with Crippen LogP contribution in [-0.4, -0.2) is 34.3 Å². The summed E-state index contributed by atoms with van der Waals surface area (Å²) in [5, 5.41) is 11.2. The zero-order valence-electron chi connectivity index (χ0n) is 20.2. The monoisotopic (exact) mass is 487 g/mol. The van der Waals surface area contributed by atoms with Gasteiger partial charge in [-0.2, -0.15) is 0 Å². The molecule has 1 N–H and O–H groups in total. The van der Waals surface area contributed by atoms with E-state index in [0.717, 1.165) is 5.56 Å². The van der Waals surface area contributed by atoms with Gasteiger partial charge in [0.25, 0.3) is 11.7 Å². The molecule has 1 aliphatic heterocycles. The normalized spacial score (nSPS) is 16.9. The average Bonchev–Trinajstić information content (AvgIpc) is 3.11. The molecular formula is C29H26FNO5. The molecule has 0 radical (unpaired) electrons. The molecule has 1 aliphatic rings. The Hall–Kier alpha value is -4.26. The maximum Gasteiger partial charge on any atom is 0.338 e. The molecule has 4 rings (SSSR count). The summed E-state index contributed by atoms with van der Waals surface area (Å²) in [7, 11) is 0. The zero-order chi connectivity index (χ0) is 26.0. The fourth-order valence-electron chi connectivity index (χ4n) is 4.33. The summed E-state index contributed by atoms with van der Waals surface area (Å²) in [6, 6.07) is 17.2. The highest BCUT2D eigenvalue weighted by atomic mass is 19.1. The fourth-order valence-corrected chi connectivity index (χ4v) is 4.33. The quantitative estimate of drug-likeness (QED) is 0.222. The van der Waals surface area contributed by atoms with Crippen molar-refractivity contribution >= 4 is 23.4 Å². The standard InChI is InChI=1S/C29H26FNO5/c1-4-36-29(35)20-10-8-19(9-11-20)16-31-25(21-7-5-6-17(2)14-21)24(27(33)28(31)34)26(32)22-12-13-23(30)18(3)15-22/h5-15,25,32H,4,16H2,1-3H3/b26-24-. The number of amides is 1. The summed E-state index contributed by atoms with van der Waals surface area (Å²) in [6.45, 7) is 5.51. The minimum atomic E-state index is -0.847. The molecule has 6 nitrogen and oxygen atoms in total. The van der Waals surface area contributed by atoms with Crippen molar-refractivity contribution in [3.63, 3.8) is 0 Å². The largest absolute Gasteiger partial charge is 0.507 e. The van der Waals surface area contributed by atoms with Crippen LogP contribution in [0.5, 0.6) is 0 Å². The van der Waals surface area contributed by atoms with E-state index >= 15 is 0 Å². The molecule has 1 atom stereocenters. The van der Waals surface area contributed by atoms with Crippen LogP contribution in [0, 0.1) is 19.7 Å². The van der Waals surface area contributed by atoms with E-state index in [2.05, 4.69) is 0 Å². The van der Waals surface area contributed by atoms with Gasteiger partial charge in [-0.15, -0.1) is 0 Å². The third-order valence-corrected chi connectivity index (χ3v) is 6.15. The highest BCUT2D eigenvalue weighted by molar-refractivity contribution is 6.46. The molecule has 0 aromatic heterocycles. The van der Waals surface area contributed by atoms with E-state index in [4.69, 9.17) is 4.74 Å². The van der Waals surface area contributed by atoms with Gasteiger partial charge in [0.1, 0.15) is 11.6 Å². The van der Waals surface area contributed by atoms with E-state index in [0.29, 0.717) is 22.3 Å². The first kappa shape index (κ1) is 24.9. The molecule has 1 fully saturated rings. The number of halogens is 1. The first-order chi connectivity index (χ1) is 17.2. The lowest BCUT2D eigenvalue weighted by Crippen LogP contribution is -2.29. The van der Waals surface area contributed by atoms with Gasteiger partial charge in [0.15, 0.2) is 0 Å². The fraction of sp³-hybridized carbons (Fsp3) is 0.207. The summed E-state index contributed by atoms with van der Waals surface area (Å²) in [5.41, 5.74) is 3.17. The lowest BCUT2D eigenvalue weighted by atomic mass is 9.94. The second-order valence-electron chi connectivity index (χ2n) is 8.72. The van der Waals surface area contributed by atoms with E-state index in [1.807, 2.05) is 25.1 Å². The number of benzene rings is 3. The molecule has 0 bridgehead atoms. The molecule has 1 unspecified atom stereocenters. The summed E-state index contributed by atoms with van der Waals surface area (Å²) in [5.74, 6) is -2.81. The van der Waals surface area contributed by atoms with Gasteiger partial charge < -0.3 is 14.7 Å². The number of carbonyl (C=O) groups excluding carboxylic acids is 3. The van der Waals surface area contributed by atoms with Gasteiger partial charge in [0.2, 0.25) is 0 Å². The third-order valence-electron chi connectivity index (χ3n) is 6.15. The lowest BCUT2D eigenvalue weighted by molar-refractivity contribution is -0.140. The van der Waals surface area contributed by atoms with Gasteiger partial charge in [-0.3, -0.25) is 9.59 Å². The van der Waals surface area contributed by atoms with E-state index in [-0.39, 0.29) is 30.0 Å². The average molecular weight is 488 g/mol. The number of ether oxygens (including phenoxy) is 1. The Balaban J connectivity index is 1.78. The third kappa shape index (κ3) is 4.77. The first-order valence-corrected chi connectivity index (χ1v) is 11.6. The molecule has 3 aromatic rings. The smallest absolute Gasteiger partial charge is 0.338 e. The van der Waals surface area contributed by atoms with Crippen molar-refractivity contribution in [3.8, 4) is 0 Å². The number of esters is 1. The van der Waals surface area contributed by atoms with E-state index < -0.39 is 29.5 Å². The van der Waals surface area contributed by atoms with Crippen molar-refractivity contribution in [3.05, 3.63) is 112 Å². The Labute approximate surface area is 208 Å². The van der Waals surface area contributed by atoms with Crippen molar-refractivity contribution in [2.75, 3.05) is 6.61 Å². The van der Waals surface area contributed by atoms with Crippen LogP contribution in [0.3, 0.4) is 0 Å². The molecule has 0 saturated carbocycles. The second kappa shape index (κ2) is 10.2. The number of rotatable bonds is 6. The first-order valence-electron chi connectivity index (χ1n) is 11.6. The number of aliphatic hydroxyl groups excluding tert-OH is 1. The van der Waals surface area contributed by atoms with Gasteiger partial charge in [-0.05, 0) is 67.8 Å².